The predicted octanol–water partition coefficient (Wildman–Crippen LogP) is 3.95. The lowest BCUT2D eigenvalue weighted by Gasteiger charge is -1.95. The standard InChI is InChI=1S/C18H13ClO2/c19-17-11-8-16(9-12-17)7-4-14-21-18(20)13-10-15-5-2-1-3-6-15/h1-9,11-12H,14H2/b7-4+. The van der Waals surface area contributed by atoms with Gasteiger partial charge >= 0.3 is 5.97 Å². The van der Waals surface area contributed by atoms with Crippen molar-refractivity contribution < 1.29 is 9.53 Å². The minimum atomic E-state index is -0.542. The Morgan fingerprint density at radius 1 is 1.10 bits per heavy atom. The summed E-state index contributed by atoms with van der Waals surface area (Å²) in [6.07, 6.45) is 3.61. The first-order chi connectivity index (χ1) is 10.2. The van der Waals surface area contributed by atoms with Crippen LogP contribution in [-0.4, -0.2) is 12.6 Å². The van der Waals surface area contributed by atoms with E-state index in [4.69, 9.17) is 16.3 Å². The van der Waals surface area contributed by atoms with Gasteiger partial charge in [0, 0.05) is 16.5 Å². The van der Waals surface area contributed by atoms with Crippen LogP contribution in [0.25, 0.3) is 6.08 Å². The Labute approximate surface area is 129 Å². The van der Waals surface area contributed by atoms with Crippen molar-refractivity contribution in [1.29, 1.82) is 0 Å². The van der Waals surface area contributed by atoms with E-state index in [1.54, 1.807) is 18.2 Å². The maximum absolute atomic E-state index is 11.4. The molecule has 0 aliphatic heterocycles. The zero-order chi connectivity index (χ0) is 14.9. The largest absolute Gasteiger partial charge is 0.452 e. The number of hydrogen-bond donors (Lipinski definition) is 0. The smallest absolute Gasteiger partial charge is 0.385 e. The van der Waals surface area contributed by atoms with E-state index in [2.05, 4.69) is 11.8 Å². The summed E-state index contributed by atoms with van der Waals surface area (Å²) in [6, 6.07) is 16.7. The van der Waals surface area contributed by atoms with Gasteiger partial charge in [0.15, 0.2) is 0 Å². The third-order valence-corrected chi connectivity index (χ3v) is 2.83. The van der Waals surface area contributed by atoms with Gasteiger partial charge < -0.3 is 4.74 Å². The molecule has 0 N–H and O–H groups in total. The van der Waals surface area contributed by atoms with Gasteiger partial charge in [-0.3, -0.25) is 0 Å². The highest BCUT2D eigenvalue weighted by Crippen LogP contribution is 2.10. The average Bonchev–Trinajstić information content (AvgIpc) is 2.52. The summed E-state index contributed by atoms with van der Waals surface area (Å²) in [5, 5.41) is 0.690. The summed E-state index contributed by atoms with van der Waals surface area (Å²) in [6.45, 7) is 0.185. The van der Waals surface area contributed by atoms with E-state index >= 15 is 0 Å². The van der Waals surface area contributed by atoms with Gasteiger partial charge in [-0.2, -0.15) is 0 Å². The first-order valence-corrected chi connectivity index (χ1v) is 6.78. The monoisotopic (exact) mass is 296 g/mol. The summed E-state index contributed by atoms with van der Waals surface area (Å²) in [5.74, 6) is 4.65. The lowest BCUT2D eigenvalue weighted by molar-refractivity contribution is -0.135. The van der Waals surface area contributed by atoms with Crippen molar-refractivity contribution in [3.63, 3.8) is 0 Å². The minimum absolute atomic E-state index is 0.185. The van der Waals surface area contributed by atoms with Crippen molar-refractivity contribution in [2.75, 3.05) is 6.61 Å². The second kappa shape index (κ2) is 7.94. The second-order valence-electron chi connectivity index (χ2n) is 4.17. The van der Waals surface area contributed by atoms with Crippen LogP contribution in [0.3, 0.4) is 0 Å². The van der Waals surface area contributed by atoms with Crippen LogP contribution in [-0.2, 0) is 9.53 Å². The first-order valence-electron chi connectivity index (χ1n) is 6.40. The van der Waals surface area contributed by atoms with E-state index in [1.807, 2.05) is 48.5 Å². The summed E-state index contributed by atoms with van der Waals surface area (Å²) < 4.78 is 4.98. The molecule has 0 atom stereocenters. The molecule has 0 radical (unpaired) electrons. The molecule has 0 spiro atoms. The Morgan fingerprint density at radius 3 is 2.52 bits per heavy atom. The Balaban J connectivity index is 1.79. The lowest BCUT2D eigenvalue weighted by atomic mass is 10.2. The van der Waals surface area contributed by atoms with Crippen LogP contribution in [0.2, 0.25) is 5.02 Å². The Hall–Kier alpha value is -2.50. The molecule has 0 bridgehead atoms. The zero-order valence-corrected chi connectivity index (χ0v) is 12.0. The quantitative estimate of drug-likeness (QED) is 0.633. The number of esters is 1. The second-order valence-corrected chi connectivity index (χ2v) is 4.60. The highest BCUT2D eigenvalue weighted by atomic mass is 35.5. The fraction of sp³-hybridized carbons (Fsp3) is 0.0556. The number of hydrogen-bond acceptors (Lipinski definition) is 2. The van der Waals surface area contributed by atoms with Gasteiger partial charge in [0.05, 0.1) is 0 Å². The molecule has 0 aromatic heterocycles. The molecule has 0 saturated heterocycles. The number of ether oxygens (including phenoxy) is 1. The molecular weight excluding hydrogens is 284 g/mol. The zero-order valence-electron chi connectivity index (χ0n) is 11.3. The van der Waals surface area contributed by atoms with Crippen molar-refractivity contribution in [3.05, 3.63) is 76.8 Å². The topological polar surface area (TPSA) is 26.3 Å². The Morgan fingerprint density at radius 2 is 1.81 bits per heavy atom. The number of carbonyl (C=O) groups excluding carboxylic acids is 1. The third-order valence-electron chi connectivity index (χ3n) is 2.57. The first kappa shape index (κ1) is 14.9. The van der Waals surface area contributed by atoms with Gasteiger partial charge in [0.1, 0.15) is 6.61 Å². The van der Waals surface area contributed by atoms with Crippen molar-refractivity contribution in [1.82, 2.24) is 0 Å². The molecule has 2 aromatic carbocycles. The molecule has 2 aromatic rings. The fourth-order valence-electron chi connectivity index (χ4n) is 1.56. The summed E-state index contributed by atoms with van der Waals surface area (Å²) in [4.78, 5) is 11.4. The van der Waals surface area contributed by atoms with Crippen molar-refractivity contribution >= 4 is 23.6 Å². The van der Waals surface area contributed by atoms with Gasteiger partial charge in [-0.15, -0.1) is 0 Å². The predicted molar refractivity (Wildman–Crippen MR) is 84.8 cm³/mol. The molecule has 0 aliphatic carbocycles. The molecule has 2 rings (SSSR count). The lowest BCUT2D eigenvalue weighted by Crippen LogP contribution is -2.00. The van der Waals surface area contributed by atoms with Crippen LogP contribution in [0.4, 0.5) is 0 Å². The highest BCUT2D eigenvalue weighted by molar-refractivity contribution is 6.30. The SMILES string of the molecule is O=C(C#Cc1ccccc1)OC/C=C/c1ccc(Cl)cc1. The van der Waals surface area contributed by atoms with E-state index in [0.717, 1.165) is 11.1 Å². The van der Waals surface area contributed by atoms with Gasteiger partial charge in [0.2, 0.25) is 0 Å². The molecular formula is C18H13ClO2. The molecule has 3 heteroatoms. The molecule has 0 amide bonds. The van der Waals surface area contributed by atoms with Crippen LogP contribution < -0.4 is 0 Å². The van der Waals surface area contributed by atoms with Crippen LogP contribution in [0.1, 0.15) is 11.1 Å². The fourth-order valence-corrected chi connectivity index (χ4v) is 1.69. The third kappa shape index (κ3) is 5.56. The van der Waals surface area contributed by atoms with Gasteiger partial charge in [-0.05, 0) is 35.9 Å². The average molecular weight is 297 g/mol. The molecule has 2 nitrogen and oxygen atoms in total. The molecule has 0 saturated carbocycles. The number of benzene rings is 2. The van der Waals surface area contributed by atoms with Crippen LogP contribution >= 0.6 is 11.6 Å². The van der Waals surface area contributed by atoms with Gasteiger partial charge in [-0.1, -0.05) is 53.9 Å². The van der Waals surface area contributed by atoms with Crippen molar-refractivity contribution in [2.45, 2.75) is 0 Å². The van der Waals surface area contributed by atoms with Gasteiger partial charge in [0.25, 0.3) is 0 Å². The van der Waals surface area contributed by atoms with Crippen molar-refractivity contribution in [2.24, 2.45) is 0 Å². The van der Waals surface area contributed by atoms with Crippen LogP contribution in [0.15, 0.2) is 60.7 Å². The van der Waals surface area contributed by atoms with E-state index in [-0.39, 0.29) is 6.61 Å². The number of halogens is 1. The van der Waals surface area contributed by atoms with E-state index in [9.17, 15) is 4.79 Å². The summed E-state index contributed by atoms with van der Waals surface area (Å²) in [5.41, 5.74) is 1.77. The summed E-state index contributed by atoms with van der Waals surface area (Å²) >= 11 is 5.79. The molecule has 21 heavy (non-hydrogen) atoms. The van der Waals surface area contributed by atoms with Gasteiger partial charge in [-0.25, -0.2) is 4.79 Å². The normalized spacial score (nSPS) is 9.95. The maximum Gasteiger partial charge on any atom is 0.385 e. The molecule has 0 heterocycles. The Bertz CT molecular complexity index is 677. The molecule has 104 valence electrons. The summed E-state index contributed by atoms with van der Waals surface area (Å²) in [7, 11) is 0. The van der Waals surface area contributed by atoms with Crippen LogP contribution in [0, 0.1) is 11.8 Å². The van der Waals surface area contributed by atoms with Crippen LogP contribution in [0.5, 0.6) is 0 Å². The van der Waals surface area contributed by atoms with E-state index in [0.29, 0.717) is 5.02 Å². The Kier molecular flexibility index (Phi) is 5.63. The molecule has 0 fully saturated rings. The molecule has 0 aliphatic rings. The minimum Gasteiger partial charge on any atom is -0.452 e. The van der Waals surface area contributed by atoms with E-state index in [1.165, 1.54) is 0 Å². The molecule has 0 unspecified atom stereocenters. The number of carbonyl (C=O) groups is 1. The number of rotatable bonds is 3. The highest BCUT2D eigenvalue weighted by Gasteiger charge is 1.94. The maximum atomic E-state index is 11.4. The van der Waals surface area contributed by atoms with E-state index < -0.39 is 5.97 Å². The van der Waals surface area contributed by atoms with Crippen molar-refractivity contribution in [3.8, 4) is 11.8 Å².